The van der Waals surface area contributed by atoms with E-state index in [1.54, 1.807) is 0 Å². The number of halogens is 2. The molecule has 2 N–H and O–H groups in total. The predicted octanol–water partition coefficient (Wildman–Crippen LogP) is 7.35. The Bertz CT molecular complexity index is 1210. The number of anilines is 1. The van der Waals surface area contributed by atoms with Gasteiger partial charge in [-0.25, -0.2) is 0 Å². The number of hydrogen-bond acceptors (Lipinski definition) is 5. The van der Waals surface area contributed by atoms with Gasteiger partial charge >= 0.3 is 0 Å². The van der Waals surface area contributed by atoms with Gasteiger partial charge in [0.2, 0.25) is 0 Å². The number of thioether (sulfide) groups is 1. The fourth-order valence-electron chi connectivity index (χ4n) is 3.52. The van der Waals surface area contributed by atoms with E-state index < -0.39 is 0 Å². The largest absolute Gasteiger partial charge is 0.490 e. The van der Waals surface area contributed by atoms with Gasteiger partial charge in [0.1, 0.15) is 6.61 Å². The van der Waals surface area contributed by atoms with Crippen molar-refractivity contribution in [3.8, 4) is 11.5 Å². The Balaban J connectivity index is 1.48. The molecule has 0 unspecified atom stereocenters. The molecule has 3 aromatic carbocycles. The normalized spacial score (nSPS) is 16.3. The lowest BCUT2D eigenvalue weighted by atomic mass is 10.1. The summed E-state index contributed by atoms with van der Waals surface area (Å²) < 4.78 is 13.7. The lowest BCUT2D eigenvalue weighted by Gasteiger charge is -2.15. The van der Waals surface area contributed by atoms with Gasteiger partial charge in [0.15, 0.2) is 17.0 Å². The molecule has 1 aliphatic rings. The molecule has 3 aromatic rings. The third-order valence-corrected chi connectivity index (χ3v) is 7.46. The molecule has 1 amide bonds. The zero-order valence-corrected chi connectivity index (χ0v) is 23.4. The molecular formula is C27H26Br2N2O3S. The van der Waals surface area contributed by atoms with Crippen molar-refractivity contribution >= 4 is 61.3 Å². The summed E-state index contributed by atoms with van der Waals surface area (Å²) in [6.07, 6.45) is 2.86. The minimum Gasteiger partial charge on any atom is -0.490 e. The number of carbonyl (C=O) groups excluding carboxylic acids is 1. The summed E-state index contributed by atoms with van der Waals surface area (Å²) >= 11 is 8.53. The molecule has 0 aliphatic carbocycles. The number of ether oxygens (including phenoxy) is 2. The van der Waals surface area contributed by atoms with Crippen molar-refractivity contribution in [2.45, 2.75) is 32.4 Å². The number of rotatable bonds is 9. The molecule has 35 heavy (non-hydrogen) atoms. The average molecular weight is 618 g/mol. The number of carbonyl (C=O) groups is 1. The van der Waals surface area contributed by atoms with Crippen molar-refractivity contribution in [3.05, 3.63) is 91.2 Å². The van der Waals surface area contributed by atoms with Crippen LogP contribution in [0.5, 0.6) is 11.5 Å². The van der Waals surface area contributed by atoms with Crippen LogP contribution in [0.1, 0.15) is 30.5 Å². The fourth-order valence-corrected chi connectivity index (χ4v) is 5.34. The highest BCUT2D eigenvalue weighted by Gasteiger charge is 2.27. The summed E-state index contributed by atoms with van der Waals surface area (Å²) in [4.78, 5) is 13.2. The van der Waals surface area contributed by atoms with E-state index in [1.807, 2.05) is 61.5 Å². The second-order valence-corrected chi connectivity index (χ2v) is 10.8. The SMILES string of the molecule is CCOc1cc(/C=C2\S[C@H](Nc3ccc(CC)cc3)NC2=O)cc(Br)c1OCc1ccc(Br)cc1. The molecule has 0 saturated carbocycles. The minimum atomic E-state index is -0.232. The first-order chi connectivity index (χ1) is 16.9. The van der Waals surface area contributed by atoms with Crippen molar-refractivity contribution in [1.82, 2.24) is 5.32 Å². The monoisotopic (exact) mass is 616 g/mol. The van der Waals surface area contributed by atoms with Crippen LogP contribution >= 0.6 is 43.6 Å². The fraction of sp³-hybridized carbons (Fsp3) is 0.222. The second kappa shape index (κ2) is 12.0. The van der Waals surface area contributed by atoms with Crippen LogP contribution in [0.15, 0.2) is 74.5 Å². The van der Waals surface area contributed by atoms with E-state index in [1.165, 1.54) is 17.3 Å². The Hall–Kier alpha value is -2.42. The summed E-state index contributed by atoms with van der Waals surface area (Å²) in [6.45, 7) is 4.97. The second-order valence-electron chi connectivity index (χ2n) is 7.85. The van der Waals surface area contributed by atoms with Crippen LogP contribution in [-0.4, -0.2) is 18.0 Å². The van der Waals surface area contributed by atoms with Crippen molar-refractivity contribution < 1.29 is 14.3 Å². The minimum absolute atomic E-state index is 0.109. The number of benzene rings is 3. The first kappa shape index (κ1) is 25.7. The quantitative estimate of drug-likeness (QED) is 0.246. The molecule has 1 heterocycles. The number of amides is 1. The molecule has 1 fully saturated rings. The molecule has 1 aliphatic heterocycles. The van der Waals surface area contributed by atoms with Crippen LogP contribution in [0.4, 0.5) is 5.69 Å². The number of aryl methyl sites for hydroxylation is 1. The maximum atomic E-state index is 12.6. The highest BCUT2D eigenvalue weighted by Crippen LogP contribution is 2.39. The Morgan fingerprint density at radius 2 is 1.71 bits per heavy atom. The lowest BCUT2D eigenvalue weighted by Crippen LogP contribution is -2.30. The van der Waals surface area contributed by atoms with Gasteiger partial charge in [-0.3, -0.25) is 4.79 Å². The Morgan fingerprint density at radius 1 is 1.00 bits per heavy atom. The van der Waals surface area contributed by atoms with E-state index in [0.29, 0.717) is 29.6 Å². The Morgan fingerprint density at radius 3 is 2.40 bits per heavy atom. The summed E-state index contributed by atoms with van der Waals surface area (Å²) in [5, 5.41) is 6.34. The standard InChI is InChI=1S/C27H26Br2N2O3S/c1-3-17-7-11-21(12-8-17)30-27-31-26(32)24(35-27)15-19-13-22(29)25(23(14-19)33-4-2)34-16-18-5-9-20(28)10-6-18/h5-15,27,30H,3-4,16H2,1-2H3,(H,31,32)/b24-15-/t27-/m1/s1. The molecule has 0 radical (unpaired) electrons. The van der Waals surface area contributed by atoms with Gasteiger partial charge in [0, 0.05) is 10.2 Å². The van der Waals surface area contributed by atoms with E-state index in [9.17, 15) is 4.79 Å². The lowest BCUT2D eigenvalue weighted by molar-refractivity contribution is -0.116. The van der Waals surface area contributed by atoms with Crippen LogP contribution in [0.2, 0.25) is 0 Å². The average Bonchev–Trinajstić information content (AvgIpc) is 3.18. The molecular weight excluding hydrogens is 592 g/mol. The molecule has 182 valence electrons. The number of nitrogens with one attached hydrogen (secondary N) is 2. The maximum absolute atomic E-state index is 12.6. The van der Waals surface area contributed by atoms with Gasteiger partial charge in [0.25, 0.3) is 5.91 Å². The highest BCUT2D eigenvalue weighted by atomic mass is 79.9. The topological polar surface area (TPSA) is 59.6 Å². The number of hydrogen-bond donors (Lipinski definition) is 2. The summed E-state index contributed by atoms with van der Waals surface area (Å²) in [5.74, 6) is 1.15. The summed E-state index contributed by atoms with van der Waals surface area (Å²) in [6, 6.07) is 20.1. The third kappa shape index (κ3) is 6.84. The molecule has 4 rings (SSSR count). The predicted molar refractivity (Wildman–Crippen MR) is 151 cm³/mol. The molecule has 1 saturated heterocycles. The zero-order chi connectivity index (χ0) is 24.8. The van der Waals surface area contributed by atoms with Crippen molar-refractivity contribution in [1.29, 1.82) is 0 Å². The van der Waals surface area contributed by atoms with Crippen molar-refractivity contribution in [2.75, 3.05) is 11.9 Å². The van der Waals surface area contributed by atoms with Gasteiger partial charge in [-0.15, -0.1) is 0 Å². The van der Waals surface area contributed by atoms with E-state index >= 15 is 0 Å². The Kier molecular flexibility index (Phi) is 8.81. The molecule has 5 nitrogen and oxygen atoms in total. The Labute approximate surface area is 226 Å². The van der Waals surface area contributed by atoms with E-state index in [4.69, 9.17) is 9.47 Å². The highest BCUT2D eigenvalue weighted by molar-refractivity contribution is 9.10. The van der Waals surface area contributed by atoms with Gasteiger partial charge in [-0.05, 0) is 88.4 Å². The van der Waals surface area contributed by atoms with Crippen molar-refractivity contribution in [2.24, 2.45) is 0 Å². The van der Waals surface area contributed by atoms with Gasteiger partial charge in [0.05, 0.1) is 16.0 Å². The van der Waals surface area contributed by atoms with Crippen LogP contribution in [0.3, 0.4) is 0 Å². The summed E-state index contributed by atoms with van der Waals surface area (Å²) in [5.41, 5.74) is 3.91. The van der Waals surface area contributed by atoms with Gasteiger partial charge in [-0.1, -0.05) is 58.9 Å². The van der Waals surface area contributed by atoms with Crippen LogP contribution in [0.25, 0.3) is 6.08 Å². The third-order valence-electron chi connectivity index (χ3n) is 5.32. The zero-order valence-electron chi connectivity index (χ0n) is 19.4. The van der Waals surface area contributed by atoms with E-state index in [2.05, 4.69) is 61.5 Å². The van der Waals surface area contributed by atoms with E-state index in [0.717, 1.165) is 32.2 Å². The summed E-state index contributed by atoms with van der Waals surface area (Å²) in [7, 11) is 0. The molecule has 0 aromatic heterocycles. The van der Waals surface area contributed by atoms with Crippen LogP contribution in [0, 0.1) is 0 Å². The smallest absolute Gasteiger partial charge is 0.260 e. The first-order valence-electron chi connectivity index (χ1n) is 11.3. The first-order valence-corrected chi connectivity index (χ1v) is 13.8. The van der Waals surface area contributed by atoms with Crippen molar-refractivity contribution in [3.63, 3.8) is 0 Å². The van der Waals surface area contributed by atoms with Gasteiger partial charge < -0.3 is 20.1 Å². The maximum Gasteiger partial charge on any atom is 0.260 e. The van der Waals surface area contributed by atoms with Gasteiger partial charge in [-0.2, -0.15) is 0 Å². The van der Waals surface area contributed by atoms with E-state index in [-0.39, 0.29) is 11.4 Å². The molecule has 8 heteroatoms. The van der Waals surface area contributed by atoms with Crippen LogP contribution < -0.4 is 20.1 Å². The molecule has 1 atom stereocenters. The molecule has 0 spiro atoms. The molecule has 0 bridgehead atoms. The van der Waals surface area contributed by atoms with Crippen LogP contribution in [-0.2, 0) is 17.8 Å².